The maximum Gasteiger partial charge on any atom is 0.257 e. The number of carbonyl (C=O) groups excluding carboxylic acids is 1. The molecule has 2 aromatic carbocycles. The summed E-state index contributed by atoms with van der Waals surface area (Å²) in [6.45, 7) is 2.14. The van der Waals surface area contributed by atoms with Crippen molar-refractivity contribution in [2.75, 3.05) is 0 Å². The highest BCUT2D eigenvalue weighted by Crippen LogP contribution is 2.18. The zero-order valence-corrected chi connectivity index (χ0v) is 13.1. The average molecular weight is 325 g/mol. The standard InChI is InChI=1S/C18H16FN3O2/c1-12-4-2-6-14(8-12)18-21-16(22-24-18)11-20-17(23)10-13-5-3-7-15(19)9-13/h2-9H,10-11H2,1H3,(H,20,23). The predicted molar refractivity (Wildman–Crippen MR) is 86.4 cm³/mol. The van der Waals surface area contributed by atoms with Crippen molar-refractivity contribution < 1.29 is 13.7 Å². The first-order chi connectivity index (χ1) is 11.6. The molecule has 122 valence electrons. The van der Waals surface area contributed by atoms with Gasteiger partial charge in [-0.1, -0.05) is 35.0 Å². The van der Waals surface area contributed by atoms with Gasteiger partial charge in [0.25, 0.3) is 5.89 Å². The second-order valence-corrected chi connectivity index (χ2v) is 5.47. The zero-order chi connectivity index (χ0) is 16.9. The van der Waals surface area contributed by atoms with Gasteiger partial charge in [0.05, 0.1) is 13.0 Å². The van der Waals surface area contributed by atoms with E-state index in [2.05, 4.69) is 15.5 Å². The van der Waals surface area contributed by atoms with Crippen LogP contribution >= 0.6 is 0 Å². The van der Waals surface area contributed by atoms with Crippen LogP contribution in [-0.2, 0) is 17.8 Å². The van der Waals surface area contributed by atoms with Crippen molar-refractivity contribution in [1.82, 2.24) is 15.5 Å². The monoisotopic (exact) mass is 325 g/mol. The highest BCUT2D eigenvalue weighted by molar-refractivity contribution is 5.78. The minimum absolute atomic E-state index is 0.0976. The molecule has 0 aliphatic rings. The SMILES string of the molecule is Cc1cccc(-c2nc(CNC(=O)Cc3cccc(F)c3)no2)c1. The van der Waals surface area contributed by atoms with Gasteiger partial charge in [-0.15, -0.1) is 0 Å². The Balaban J connectivity index is 1.58. The van der Waals surface area contributed by atoms with Gasteiger partial charge in [0.15, 0.2) is 5.82 Å². The van der Waals surface area contributed by atoms with Crippen molar-refractivity contribution >= 4 is 5.91 Å². The smallest absolute Gasteiger partial charge is 0.257 e. The first kappa shape index (κ1) is 15.9. The molecule has 0 saturated carbocycles. The summed E-state index contributed by atoms with van der Waals surface area (Å²) in [5.41, 5.74) is 2.54. The molecule has 1 heterocycles. The van der Waals surface area contributed by atoms with Crippen molar-refractivity contribution in [1.29, 1.82) is 0 Å². The second-order valence-electron chi connectivity index (χ2n) is 5.47. The van der Waals surface area contributed by atoms with Crippen LogP contribution in [0.3, 0.4) is 0 Å². The number of nitrogens with zero attached hydrogens (tertiary/aromatic N) is 2. The number of benzene rings is 2. The van der Waals surface area contributed by atoms with Crippen LogP contribution in [0.4, 0.5) is 4.39 Å². The third-order valence-electron chi connectivity index (χ3n) is 3.43. The molecule has 0 aliphatic carbocycles. The minimum Gasteiger partial charge on any atom is -0.348 e. The Bertz CT molecular complexity index is 861. The summed E-state index contributed by atoms with van der Waals surface area (Å²) < 4.78 is 18.3. The number of amides is 1. The normalized spacial score (nSPS) is 10.6. The topological polar surface area (TPSA) is 68.0 Å². The van der Waals surface area contributed by atoms with E-state index in [0.717, 1.165) is 11.1 Å². The molecule has 0 aliphatic heterocycles. The van der Waals surface area contributed by atoms with E-state index < -0.39 is 0 Å². The van der Waals surface area contributed by atoms with Crippen molar-refractivity contribution in [2.45, 2.75) is 19.9 Å². The molecule has 0 spiro atoms. The second kappa shape index (κ2) is 7.04. The maximum atomic E-state index is 13.1. The van der Waals surface area contributed by atoms with Crippen LogP contribution in [0, 0.1) is 12.7 Å². The highest BCUT2D eigenvalue weighted by Gasteiger charge is 2.10. The van der Waals surface area contributed by atoms with E-state index in [0.29, 0.717) is 17.3 Å². The van der Waals surface area contributed by atoms with E-state index in [1.54, 1.807) is 12.1 Å². The van der Waals surface area contributed by atoms with E-state index in [9.17, 15) is 9.18 Å². The lowest BCUT2D eigenvalue weighted by atomic mass is 10.1. The fourth-order valence-corrected chi connectivity index (χ4v) is 2.29. The van der Waals surface area contributed by atoms with Crippen LogP contribution < -0.4 is 5.32 Å². The fraction of sp³-hybridized carbons (Fsp3) is 0.167. The number of carbonyl (C=O) groups is 1. The Morgan fingerprint density at radius 1 is 1.21 bits per heavy atom. The van der Waals surface area contributed by atoms with Crippen LogP contribution in [0.1, 0.15) is 17.0 Å². The van der Waals surface area contributed by atoms with E-state index >= 15 is 0 Å². The molecular formula is C18H16FN3O2. The summed E-state index contributed by atoms with van der Waals surface area (Å²) in [6.07, 6.45) is 0.0976. The summed E-state index contributed by atoms with van der Waals surface area (Å²) in [4.78, 5) is 16.2. The van der Waals surface area contributed by atoms with E-state index in [1.165, 1.54) is 12.1 Å². The molecule has 0 fully saturated rings. The lowest BCUT2D eigenvalue weighted by Crippen LogP contribution is -2.25. The first-order valence-electron chi connectivity index (χ1n) is 7.51. The van der Waals surface area contributed by atoms with Crippen LogP contribution in [0.25, 0.3) is 11.5 Å². The van der Waals surface area contributed by atoms with Gasteiger partial charge < -0.3 is 9.84 Å². The van der Waals surface area contributed by atoms with E-state index in [1.807, 2.05) is 31.2 Å². The third-order valence-corrected chi connectivity index (χ3v) is 3.43. The van der Waals surface area contributed by atoms with Crippen LogP contribution in [-0.4, -0.2) is 16.0 Å². The van der Waals surface area contributed by atoms with Gasteiger partial charge in [-0.25, -0.2) is 4.39 Å². The third kappa shape index (κ3) is 4.04. The van der Waals surface area contributed by atoms with Gasteiger partial charge in [-0.05, 0) is 36.8 Å². The first-order valence-corrected chi connectivity index (χ1v) is 7.51. The Kier molecular flexibility index (Phi) is 4.65. The fourth-order valence-electron chi connectivity index (χ4n) is 2.29. The van der Waals surface area contributed by atoms with Gasteiger partial charge in [0.2, 0.25) is 5.91 Å². The van der Waals surface area contributed by atoms with Crippen molar-refractivity contribution in [3.8, 4) is 11.5 Å². The molecule has 0 radical (unpaired) electrons. The molecule has 6 heteroatoms. The van der Waals surface area contributed by atoms with Crippen molar-refractivity contribution in [3.05, 3.63) is 71.3 Å². The minimum atomic E-state index is -0.360. The summed E-state index contributed by atoms with van der Waals surface area (Å²) in [5.74, 6) is 0.205. The van der Waals surface area contributed by atoms with Crippen LogP contribution in [0.5, 0.6) is 0 Å². The molecule has 3 aromatic rings. The molecule has 1 amide bonds. The summed E-state index contributed by atoms with van der Waals surface area (Å²) in [5, 5.41) is 6.55. The molecule has 1 aromatic heterocycles. The van der Waals surface area contributed by atoms with Gasteiger partial charge in [-0.2, -0.15) is 4.98 Å². The molecule has 0 unspecified atom stereocenters. The van der Waals surface area contributed by atoms with E-state index in [-0.39, 0.29) is 24.7 Å². The molecule has 24 heavy (non-hydrogen) atoms. The van der Waals surface area contributed by atoms with Gasteiger partial charge >= 0.3 is 0 Å². The molecule has 5 nitrogen and oxygen atoms in total. The number of hydrogen-bond donors (Lipinski definition) is 1. The van der Waals surface area contributed by atoms with Gasteiger partial charge in [-0.3, -0.25) is 4.79 Å². The zero-order valence-electron chi connectivity index (χ0n) is 13.1. The molecule has 0 atom stereocenters. The predicted octanol–water partition coefficient (Wildman–Crippen LogP) is 3.04. The van der Waals surface area contributed by atoms with Crippen molar-refractivity contribution in [2.24, 2.45) is 0 Å². The quantitative estimate of drug-likeness (QED) is 0.783. The number of rotatable bonds is 5. The Labute approximate surface area is 138 Å². The molecule has 0 bridgehead atoms. The number of aromatic nitrogens is 2. The number of nitrogens with one attached hydrogen (secondary N) is 1. The summed E-state index contributed by atoms with van der Waals surface area (Å²) >= 11 is 0. The Hall–Kier alpha value is -3.02. The molecule has 0 saturated heterocycles. The van der Waals surface area contributed by atoms with E-state index in [4.69, 9.17) is 4.52 Å². The van der Waals surface area contributed by atoms with Gasteiger partial charge in [0, 0.05) is 5.56 Å². The number of halogens is 1. The molecule has 1 N–H and O–H groups in total. The molecular weight excluding hydrogens is 309 g/mol. The Morgan fingerprint density at radius 2 is 2.04 bits per heavy atom. The van der Waals surface area contributed by atoms with Crippen LogP contribution in [0.15, 0.2) is 53.1 Å². The largest absolute Gasteiger partial charge is 0.348 e. The van der Waals surface area contributed by atoms with Crippen LogP contribution in [0.2, 0.25) is 0 Å². The summed E-state index contributed by atoms with van der Waals surface area (Å²) in [7, 11) is 0. The highest BCUT2D eigenvalue weighted by atomic mass is 19.1. The molecule has 3 rings (SSSR count). The number of aryl methyl sites for hydroxylation is 1. The number of hydrogen-bond acceptors (Lipinski definition) is 4. The summed E-state index contributed by atoms with van der Waals surface area (Å²) in [6, 6.07) is 13.7. The maximum absolute atomic E-state index is 13.1. The van der Waals surface area contributed by atoms with Crippen molar-refractivity contribution in [3.63, 3.8) is 0 Å². The Morgan fingerprint density at radius 3 is 2.83 bits per heavy atom. The lowest BCUT2D eigenvalue weighted by molar-refractivity contribution is -0.120. The van der Waals surface area contributed by atoms with Gasteiger partial charge in [0.1, 0.15) is 5.82 Å². The lowest BCUT2D eigenvalue weighted by Gasteiger charge is -2.02. The average Bonchev–Trinajstić information content (AvgIpc) is 3.02.